The molecule has 0 spiro atoms. The largest absolute Gasteiger partial charge is 0.342 e. The van der Waals surface area contributed by atoms with Gasteiger partial charge in [0.15, 0.2) is 0 Å². The number of likely N-dealkylation sites (tertiary alicyclic amines) is 1. The maximum absolute atomic E-state index is 12.5. The van der Waals surface area contributed by atoms with Gasteiger partial charge >= 0.3 is 0 Å². The molecule has 0 radical (unpaired) electrons. The molecule has 0 N–H and O–H groups in total. The molecule has 4 rings (SSSR count). The molecular weight excluding hydrogens is 366 g/mol. The lowest BCUT2D eigenvalue weighted by atomic mass is 10.2. The van der Waals surface area contributed by atoms with Crippen LogP contribution in [0.1, 0.15) is 18.4 Å². The van der Waals surface area contributed by atoms with Crippen LogP contribution in [0.25, 0.3) is 11.8 Å². The third kappa shape index (κ3) is 4.92. The molecule has 0 aliphatic carbocycles. The number of piperazine rings is 1. The summed E-state index contributed by atoms with van der Waals surface area (Å²) in [6.07, 6.45) is 11.1. The van der Waals surface area contributed by atoms with Crippen molar-refractivity contribution in [3.05, 3.63) is 54.6 Å². The van der Waals surface area contributed by atoms with Crippen LogP contribution in [0.15, 0.2) is 49.1 Å². The van der Waals surface area contributed by atoms with E-state index in [1.54, 1.807) is 18.6 Å². The van der Waals surface area contributed by atoms with E-state index in [9.17, 15) is 9.59 Å². The molecular formula is C22H27N5O2. The molecule has 0 bridgehead atoms. The molecule has 2 fully saturated rings. The predicted octanol–water partition coefficient (Wildman–Crippen LogP) is 1.65. The second-order valence-corrected chi connectivity index (χ2v) is 7.58. The van der Waals surface area contributed by atoms with Gasteiger partial charge in [-0.15, -0.1) is 0 Å². The summed E-state index contributed by atoms with van der Waals surface area (Å²) in [5.41, 5.74) is 2.02. The lowest BCUT2D eigenvalue weighted by Gasteiger charge is -2.34. The first kappa shape index (κ1) is 19.4. The second-order valence-electron chi connectivity index (χ2n) is 7.58. The number of hydrogen-bond acceptors (Lipinski definition) is 4. The zero-order chi connectivity index (χ0) is 20.1. The zero-order valence-corrected chi connectivity index (χ0v) is 16.6. The van der Waals surface area contributed by atoms with E-state index in [1.165, 1.54) is 0 Å². The summed E-state index contributed by atoms with van der Waals surface area (Å²) in [6, 6.07) is 7.98. The molecule has 2 aliphatic rings. The van der Waals surface area contributed by atoms with Crippen molar-refractivity contribution in [3.8, 4) is 5.69 Å². The Labute approximate surface area is 171 Å². The number of rotatable bonds is 5. The monoisotopic (exact) mass is 393 g/mol. The number of carbonyl (C=O) groups excluding carboxylic acids is 2. The van der Waals surface area contributed by atoms with Crippen LogP contribution in [0.5, 0.6) is 0 Å². The first-order valence-electron chi connectivity index (χ1n) is 10.2. The average Bonchev–Trinajstić information content (AvgIpc) is 3.47. The van der Waals surface area contributed by atoms with Crippen molar-refractivity contribution in [3.63, 3.8) is 0 Å². The summed E-state index contributed by atoms with van der Waals surface area (Å²) in [5.74, 6) is 0.246. The minimum Gasteiger partial charge on any atom is -0.342 e. The van der Waals surface area contributed by atoms with Crippen molar-refractivity contribution >= 4 is 17.9 Å². The smallest absolute Gasteiger partial charge is 0.246 e. The van der Waals surface area contributed by atoms with E-state index in [2.05, 4.69) is 9.88 Å². The summed E-state index contributed by atoms with van der Waals surface area (Å²) < 4.78 is 1.94. The van der Waals surface area contributed by atoms with Crippen LogP contribution in [-0.2, 0) is 9.59 Å². The second kappa shape index (κ2) is 9.05. The molecule has 0 atom stereocenters. The first-order valence-corrected chi connectivity index (χ1v) is 10.2. The highest BCUT2D eigenvalue weighted by Gasteiger charge is 2.24. The molecule has 2 aromatic rings. The number of carbonyl (C=O) groups is 2. The van der Waals surface area contributed by atoms with Crippen molar-refractivity contribution < 1.29 is 9.59 Å². The topological polar surface area (TPSA) is 61.7 Å². The van der Waals surface area contributed by atoms with Gasteiger partial charge in [-0.05, 0) is 36.6 Å². The fourth-order valence-corrected chi connectivity index (χ4v) is 3.83. The minimum absolute atomic E-state index is 0.0224. The molecule has 7 heteroatoms. The van der Waals surface area contributed by atoms with Gasteiger partial charge in [-0.25, -0.2) is 4.98 Å². The van der Waals surface area contributed by atoms with Gasteiger partial charge in [0.2, 0.25) is 11.8 Å². The Bertz CT molecular complexity index is 846. The molecule has 1 aromatic heterocycles. The van der Waals surface area contributed by atoms with Gasteiger partial charge in [0.05, 0.1) is 12.9 Å². The van der Waals surface area contributed by atoms with Crippen LogP contribution in [0.3, 0.4) is 0 Å². The number of amides is 2. The van der Waals surface area contributed by atoms with Crippen molar-refractivity contribution in [1.82, 2.24) is 24.3 Å². The Kier molecular flexibility index (Phi) is 6.05. The summed E-state index contributed by atoms with van der Waals surface area (Å²) in [5, 5.41) is 0. The highest BCUT2D eigenvalue weighted by atomic mass is 16.2. The van der Waals surface area contributed by atoms with Gasteiger partial charge in [0, 0.05) is 63.4 Å². The summed E-state index contributed by atoms with van der Waals surface area (Å²) >= 11 is 0. The molecule has 1 aromatic carbocycles. The summed E-state index contributed by atoms with van der Waals surface area (Å²) in [4.78, 5) is 34.8. The standard InChI is InChI=1S/C22H27N5O2/c28-21(8-5-19-3-6-20(7-4-19)27-12-9-23-18-27)26-15-13-24(14-16-26)17-22(29)25-10-1-2-11-25/h3-9,12,18H,1-2,10-11,13-17H2/b8-5+. The van der Waals surface area contributed by atoms with E-state index in [0.717, 1.165) is 50.3 Å². The SMILES string of the molecule is O=C(/C=C/c1ccc(-n2ccnc2)cc1)N1CCN(CC(=O)N2CCCC2)CC1. The number of hydrogen-bond donors (Lipinski definition) is 0. The molecule has 7 nitrogen and oxygen atoms in total. The fraction of sp³-hybridized carbons (Fsp3) is 0.409. The van der Waals surface area contributed by atoms with Crippen molar-refractivity contribution in [2.24, 2.45) is 0 Å². The van der Waals surface area contributed by atoms with E-state index < -0.39 is 0 Å². The van der Waals surface area contributed by atoms with Gasteiger partial charge in [-0.2, -0.15) is 0 Å². The lowest BCUT2D eigenvalue weighted by molar-refractivity contribution is -0.132. The zero-order valence-electron chi connectivity index (χ0n) is 16.6. The fourth-order valence-electron chi connectivity index (χ4n) is 3.83. The predicted molar refractivity (Wildman–Crippen MR) is 111 cm³/mol. The van der Waals surface area contributed by atoms with Crippen molar-refractivity contribution in [2.45, 2.75) is 12.8 Å². The van der Waals surface area contributed by atoms with E-state index >= 15 is 0 Å². The molecule has 2 amide bonds. The van der Waals surface area contributed by atoms with E-state index in [4.69, 9.17) is 0 Å². The molecule has 152 valence electrons. The maximum Gasteiger partial charge on any atom is 0.246 e. The van der Waals surface area contributed by atoms with Gasteiger partial charge in [0.1, 0.15) is 0 Å². The Morgan fingerprint density at radius 3 is 2.31 bits per heavy atom. The first-order chi connectivity index (χ1) is 14.2. The lowest BCUT2D eigenvalue weighted by Crippen LogP contribution is -2.51. The summed E-state index contributed by atoms with van der Waals surface area (Å²) in [6.45, 7) is 5.08. The molecule has 2 aliphatic heterocycles. The minimum atomic E-state index is 0.0224. The molecule has 0 unspecified atom stereocenters. The van der Waals surface area contributed by atoms with Crippen LogP contribution in [0.4, 0.5) is 0 Å². The number of benzene rings is 1. The van der Waals surface area contributed by atoms with Crippen LogP contribution in [-0.4, -0.2) is 81.9 Å². The van der Waals surface area contributed by atoms with Crippen molar-refractivity contribution in [1.29, 1.82) is 0 Å². The Morgan fingerprint density at radius 1 is 0.931 bits per heavy atom. The van der Waals surface area contributed by atoms with Gasteiger partial charge < -0.3 is 14.4 Å². The average molecular weight is 393 g/mol. The highest BCUT2D eigenvalue weighted by Crippen LogP contribution is 2.12. The summed E-state index contributed by atoms with van der Waals surface area (Å²) in [7, 11) is 0. The van der Waals surface area contributed by atoms with Crippen LogP contribution in [0.2, 0.25) is 0 Å². The van der Waals surface area contributed by atoms with Crippen molar-refractivity contribution in [2.75, 3.05) is 45.8 Å². The third-order valence-corrected chi connectivity index (χ3v) is 5.62. The van der Waals surface area contributed by atoms with E-state index in [1.807, 2.05) is 50.9 Å². The maximum atomic E-state index is 12.5. The normalized spacial score (nSPS) is 17.9. The number of nitrogens with zero attached hydrogens (tertiary/aromatic N) is 5. The quantitative estimate of drug-likeness (QED) is 0.725. The third-order valence-electron chi connectivity index (χ3n) is 5.62. The van der Waals surface area contributed by atoms with Gasteiger partial charge in [0.25, 0.3) is 0 Å². The van der Waals surface area contributed by atoms with Crippen LogP contribution < -0.4 is 0 Å². The number of aromatic nitrogens is 2. The van der Waals surface area contributed by atoms with E-state index in [-0.39, 0.29) is 11.8 Å². The highest BCUT2D eigenvalue weighted by molar-refractivity contribution is 5.91. The van der Waals surface area contributed by atoms with Gasteiger partial charge in [-0.3, -0.25) is 14.5 Å². The molecule has 0 saturated carbocycles. The number of imidazole rings is 1. The molecule has 3 heterocycles. The van der Waals surface area contributed by atoms with Gasteiger partial charge in [-0.1, -0.05) is 12.1 Å². The molecule has 2 saturated heterocycles. The Hall–Kier alpha value is -2.93. The van der Waals surface area contributed by atoms with Crippen LogP contribution >= 0.6 is 0 Å². The molecule has 29 heavy (non-hydrogen) atoms. The Balaban J connectivity index is 1.24. The Morgan fingerprint density at radius 2 is 1.66 bits per heavy atom. The van der Waals surface area contributed by atoms with E-state index in [0.29, 0.717) is 19.6 Å². The van der Waals surface area contributed by atoms with Crippen LogP contribution in [0, 0.1) is 0 Å².